The van der Waals surface area contributed by atoms with Crippen LogP contribution in [0.4, 0.5) is 0 Å². The second kappa shape index (κ2) is 15.8. The number of ketones is 1. The molecule has 0 aliphatic heterocycles. The third-order valence-electron chi connectivity index (χ3n) is 7.04. The number of aromatic nitrogens is 1. The molecule has 0 saturated heterocycles. The van der Waals surface area contributed by atoms with Crippen LogP contribution in [0, 0.1) is 11.8 Å². The smallest absolute Gasteiger partial charge is 0.309 e. The van der Waals surface area contributed by atoms with Gasteiger partial charge in [0.05, 0.1) is 18.1 Å². The van der Waals surface area contributed by atoms with Crippen molar-refractivity contribution in [1.29, 1.82) is 0 Å². The highest BCUT2D eigenvalue weighted by atomic mass is 35.5. The highest BCUT2D eigenvalue weighted by molar-refractivity contribution is 6.35. The van der Waals surface area contributed by atoms with Gasteiger partial charge in [-0.2, -0.15) is 0 Å². The molecule has 3 atom stereocenters. The molecule has 9 nitrogen and oxygen atoms in total. The number of carbonyl (C=O) groups is 3. The molecular formula is C33H37Cl2NO8. The Morgan fingerprint density at radius 3 is 2.32 bits per heavy atom. The molecule has 2 aromatic carbocycles. The Morgan fingerprint density at radius 2 is 1.68 bits per heavy atom. The lowest BCUT2D eigenvalue weighted by atomic mass is 9.81. The maximum absolute atomic E-state index is 13.3. The van der Waals surface area contributed by atoms with Gasteiger partial charge < -0.3 is 23.7 Å². The van der Waals surface area contributed by atoms with Crippen LogP contribution in [0.3, 0.4) is 0 Å². The molecule has 0 aliphatic rings. The van der Waals surface area contributed by atoms with Crippen molar-refractivity contribution in [2.24, 2.45) is 11.8 Å². The monoisotopic (exact) mass is 645 g/mol. The molecule has 0 radical (unpaired) electrons. The summed E-state index contributed by atoms with van der Waals surface area (Å²) < 4.78 is 28.0. The molecule has 0 bridgehead atoms. The normalized spacial score (nSPS) is 13.3. The van der Waals surface area contributed by atoms with Gasteiger partial charge in [-0.15, -0.1) is 0 Å². The van der Waals surface area contributed by atoms with Crippen LogP contribution in [-0.2, 0) is 25.5 Å². The number of hydrogen-bond acceptors (Lipinski definition) is 9. The Balaban J connectivity index is 1.77. The quantitative estimate of drug-likeness (QED) is 0.0966. The van der Waals surface area contributed by atoms with Crippen molar-refractivity contribution in [2.75, 3.05) is 13.9 Å². The van der Waals surface area contributed by atoms with E-state index in [0.717, 1.165) is 5.56 Å². The largest absolute Gasteiger partial charge is 0.493 e. The second-order valence-electron chi connectivity index (χ2n) is 10.8. The molecule has 11 heteroatoms. The number of Topliss-reactive ketones (excluding diaryl/α,β-unsaturated/α-hetero) is 1. The van der Waals surface area contributed by atoms with E-state index in [9.17, 15) is 14.4 Å². The average Bonchev–Trinajstić information content (AvgIpc) is 2.97. The van der Waals surface area contributed by atoms with E-state index >= 15 is 0 Å². The first-order chi connectivity index (χ1) is 20.8. The number of nitrogens with zero attached hydrogens (tertiary/aromatic N) is 1. The Hall–Kier alpha value is -3.82. The summed E-state index contributed by atoms with van der Waals surface area (Å²) >= 11 is 12.5. The molecule has 3 rings (SSSR count). The topological polar surface area (TPSA) is 110 Å². The van der Waals surface area contributed by atoms with Gasteiger partial charge in [0.1, 0.15) is 17.5 Å². The van der Waals surface area contributed by atoms with Gasteiger partial charge in [-0.25, -0.2) is 4.98 Å². The first-order valence-corrected chi connectivity index (χ1v) is 14.8. The van der Waals surface area contributed by atoms with Crippen LogP contribution in [-0.4, -0.2) is 48.3 Å². The van der Waals surface area contributed by atoms with E-state index < -0.39 is 42.1 Å². The fourth-order valence-corrected chi connectivity index (χ4v) is 5.15. The fraction of sp³-hybridized carbons (Fsp3) is 0.394. The van der Waals surface area contributed by atoms with Crippen LogP contribution in [0.1, 0.15) is 57.1 Å². The standard InChI is InChI=1S/C33H37Cl2NO8/c1-20(16-27(38)30-31(42-19-41-22(3)37)29(40-6)14-15-36-30)32(39)43-21(2)25(17-23-10-8-7-9-11-23)33(4,5)44-28-13-12-24(34)18-26(28)35/h7-15,18,20-21,25H,16-17,19H2,1-6H3/t20-,21+,25+/m1/s1. The van der Waals surface area contributed by atoms with E-state index in [4.69, 9.17) is 46.9 Å². The minimum atomic E-state index is -0.842. The molecule has 44 heavy (non-hydrogen) atoms. The van der Waals surface area contributed by atoms with Gasteiger partial charge in [0, 0.05) is 36.5 Å². The summed E-state index contributed by atoms with van der Waals surface area (Å²) in [6.45, 7) is 8.03. The molecule has 0 saturated carbocycles. The number of halogens is 2. The maximum atomic E-state index is 13.3. The van der Waals surface area contributed by atoms with E-state index in [0.29, 0.717) is 22.2 Å². The summed E-state index contributed by atoms with van der Waals surface area (Å²) in [6.07, 6.45) is 1.11. The average molecular weight is 647 g/mol. The molecule has 0 N–H and O–H groups in total. The molecule has 0 spiro atoms. The van der Waals surface area contributed by atoms with Crippen LogP contribution in [0.25, 0.3) is 0 Å². The van der Waals surface area contributed by atoms with Crippen molar-refractivity contribution in [2.45, 2.75) is 59.2 Å². The maximum Gasteiger partial charge on any atom is 0.309 e. The third-order valence-corrected chi connectivity index (χ3v) is 7.57. The Bertz CT molecular complexity index is 1450. The van der Waals surface area contributed by atoms with E-state index in [2.05, 4.69) is 4.98 Å². The van der Waals surface area contributed by atoms with Gasteiger partial charge in [-0.1, -0.05) is 60.5 Å². The lowest BCUT2D eigenvalue weighted by Crippen LogP contribution is -2.46. The summed E-state index contributed by atoms with van der Waals surface area (Å²) in [7, 11) is 1.40. The van der Waals surface area contributed by atoms with Crippen molar-refractivity contribution >= 4 is 40.9 Å². The minimum absolute atomic E-state index is 0.0119. The van der Waals surface area contributed by atoms with Crippen LogP contribution in [0.5, 0.6) is 17.2 Å². The SMILES string of the molecule is COc1ccnc(C(=O)C[C@@H](C)C(=O)O[C@@H](C)[C@H](Cc2ccccc2)C(C)(C)Oc2ccc(Cl)cc2Cl)c1OCOC(C)=O. The highest BCUT2D eigenvalue weighted by Crippen LogP contribution is 2.36. The number of pyridine rings is 1. The van der Waals surface area contributed by atoms with Gasteiger partial charge in [-0.3, -0.25) is 14.4 Å². The van der Waals surface area contributed by atoms with Crippen molar-refractivity contribution in [3.8, 4) is 17.2 Å². The summed E-state index contributed by atoms with van der Waals surface area (Å²) in [5, 5.41) is 0.849. The summed E-state index contributed by atoms with van der Waals surface area (Å²) in [4.78, 5) is 41.9. The Morgan fingerprint density at radius 1 is 0.977 bits per heavy atom. The Kier molecular flexibility index (Phi) is 12.4. The summed E-state index contributed by atoms with van der Waals surface area (Å²) in [5.41, 5.74) is 0.138. The first-order valence-electron chi connectivity index (χ1n) is 14.0. The number of rotatable bonds is 15. The molecule has 0 unspecified atom stereocenters. The fourth-order valence-electron chi connectivity index (χ4n) is 4.70. The molecular weight excluding hydrogens is 609 g/mol. The lowest BCUT2D eigenvalue weighted by Gasteiger charge is -2.38. The number of carbonyl (C=O) groups excluding carboxylic acids is 3. The number of ether oxygens (including phenoxy) is 5. The zero-order valence-corrected chi connectivity index (χ0v) is 27.1. The van der Waals surface area contributed by atoms with Crippen LogP contribution in [0.2, 0.25) is 10.0 Å². The van der Waals surface area contributed by atoms with E-state index in [1.165, 1.54) is 26.3 Å². The van der Waals surface area contributed by atoms with Crippen LogP contribution >= 0.6 is 23.2 Å². The van der Waals surface area contributed by atoms with Gasteiger partial charge in [-0.05, 0) is 51.0 Å². The van der Waals surface area contributed by atoms with Crippen LogP contribution < -0.4 is 14.2 Å². The van der Waals surface area contributed by atoms with Crippen molar-refractivity contribution in [3.63, 3.8) is 0 Å². The minimum Gasteiger partial charge on any atom is -0.493 e. The first kappa shape index (κ1) is 34.7. The lowest BCUT2D eigenvalue weighted by molar-refractivity contribution is -0.159. The predicted molar refractivity (Wildman–Crippen MR) is 167 cm³/mol. The van der Waals surface area contributed by atoms with Gasteiger partial charge >= 0.3 is 11.9 Å². The Labute approximate surface area is 267 Å². The highest BCUT2D eigenvalue weighted by Gasteiger charge is 2.39. The summed E-state index contributed by atoms with van der Waals surface area (Å²) in [6, 6.07) is 16.3. The van der Waals surface area contributed by atoms with Crippen molar-refractivity contribution < 1.29 is 38.1 Å². The number of esters is 2. The van der Waals surface area contributed by atoms with Crippen LogP contribution in [0.15, 0.2) is 60.8 Å². The molecule has 0 aliphatic carbocycles. The van der Waals surface area contributed by atoms with Crippen molar-refractivity contribution in [3.05, 3.63) is 82.1 Å². The zero-order chi connectivity index (χ0) is 32.4. The number of hydrogen-bond donors (Lipinski definition) is 0. The van der Waals surface area contributed by atoms with E-state index in [1.54, 1.807) is 32.0 Å². The summed E-state index contributed by atoms with van der Waals surface area (Å²) in [5.74, 6) is -2.02. The van der Waals surface area contributed by atoms with Gasteiger partial charge in [0.15, 0.2) is 23.0 Å². The molecule has 1 aromatic heterocycles. The van der Waals surface area contributed by atoms with Crippen molar-refractivity contribution in [1.82, 2.24) is 4.98 Å². The van der Waals surface area contributed by atoms with Gasteiger partial charge in [0.25, 0.3) is 0 Å². The molecule has 0 fully saturated rings. The van der Waals surface area contributed by atoms with E-state index in [1.807, 2.05) is 44.2 Å². The number of methoxy groups -OCH3 is 1. The molecule has 0 amide bonds. The molecule has 236 valence electrons. The van der Waals surface area contributed by atoms with E-state index in [-0.39, 0.29) is 29.5 Å². The third kappa shape index (κ3) is 9.59. The molecule has 3 aromatic rings. The second-order valence-corrected chi connectivity index (χ2v) is 11.7. The zero-order valence-electron chi connectivity index (χ0n) is 25.6. The predicted octanol–water partition coefficient (Wildman–Crippen LogP) is 7.15. The molecule has 1 heterocycles. The number of benzene rings is 2. The van der Waals surface area contributed by atoms with Gasteiger partial charge in [0.2, 0.25) is 6.79 Å².